The number of rotatable bonds is 2. The maximum absolute atomic E-state index is 10.6. The summed E-state index contributed by atoms with van der Waals surface area (Å²) >= 11 is 0. The molecule has 0 saturated carbocycles. The first-order valence-corrected chi connectivity index (χ1v) is 4.24. The van der Waals surface area contributed by atoms with Gasteiger partial charge in [-0.25, -0.2) is 0 Å². The fourth-order valence-electron chi connectivity index (χ4n) is 1.58. The second-order valence-electron chi connectivity index (χ2n) is 3.19. The van der Waals surface area contributed by atoms with Gasteiger partial charge in [0.15, 0.2) is 0 Å². The predicted octanol–water partition coefficient (Wildman–Crippen LogP) is 1.80. The summed E-state index contributed by atoms with van der Waals surface area (Å²) in [5.41, 5.74) is 7.85. The van der Waals surface area contributed by atoms with Crippen molar-refractivity contribution in [1.29, 1.82) is 0 Å². The first kappa shape index (κ1) is 11.4. The van der Waals surface area contributed by atoms with Crippen LogP contribution >= 0.6 is 12.4 Å². The number of hydrogen-bond acceptors (Lipinski definition) is 2. The molecule has 1 aromatic heterocycles. The number of aliphatic carboxylic acids is 1. The zero-order chi connectivity index (χ0) is 10.1. The highest BCUT2D eigenvalue weighted by Crippen LogP contribution is 2.21. The molecule has 0 fully saturated rings. The lowest BCUT2D eigenvalue weighted by atomic mass is 10.1. The average molecular weight is 227 g/mol. The molecular weight excluding hydrogens is 216 g/mol. The highest BCUT2D eigenvalue weighted by molar-refractivity contribution is 5.89. The normalized spacial score (nSPS) is 9.87. The van der Waals surface area contributed by atoms with E-state index in [-0.39, 0.29) is 18.8 Å². The minimum Gasteiger partial charge on any atom is -0.481 e. The number of halogens is 1. The van der Waals surface area contributed by atoms with Gasteiger partial charge in [0.1, 0.15) is 0 Å². The molecule has 2 rings (SSSR count). The van der Waals surface area contributed by atoms with Crippen LogP contribution in [-0.4, -0.2) is 16.1 Å². The first-order valence-electron chi connectivity index (χ1n) is 4.24. The number of anilines is 1. The van der Waals surface area contributed by atoms with Gasteiger partial charge in [-0.1, -0.05) is 0 Å². The van der Waals surface area contributed by atoms with Crippen molar-refractivity contribution in [2.45, 2.75) is 6.42 Å². The summed E-state index contributed by atoms with van der Waals surface area (Å²) in [5.74, 6) is -0.849. The van der Waals surface area contributed by atoms with Crippen molar-refractivity contribution >= 4 is 35.0 Å². The lowest BCUT2D eigenvalue weighted by Crippen LogP contribution is -2.01. The van der Waals surface area contributed by atoms with Gasteiger partial charge < -0.3 is 15.8 Å². The Bertz CT molecular complexity index is 493. The van der Waals surface area contributed by atoms with Crippen LogP contribution in [0.1, 0.15) is 5.56 Å². The van der Waals surface area contributed by atoms with E-state index >= 15 is 0 Å². The number of H-pyrrole nitrogens is 1. The summed E-state index contributed by atoms with van der Waals surface area (Å²) in [6.07, 6.45) is 1.77. The maximum Gasteiger partial charge on any atom is 0.307 e. The van der Waals surface area contributed by atoms with Gasteiger partial charge in [-0.15, -0.1) is 12.4 Å². The molecule has 5 heteroatoms. The molecule has 0 unspecified atom stereocenters. The van der Waals surface area contributed by atoms with E-state index < -0.39 is 5.97 Å². The molecule has 0 aliphatic carbocycles. The van der Waals surface area contributed by atoms with E-state index in [2.05, 4.69) is 4.98 Å². The third-order valence-corrected chi connectivity index (χ3v) is 2.12. The number of carbonyl (C=O) groups is 1. The van der Waals surface area contributed by atoms with E-state index in [1.807, 2.05) is 6.07 Å². The van der Waals surface area contributed by atoms with Crippen molar-refractivity contribution in [3.8, 4) is 0 Å². The van der Waals surface area contributed by atoms with Crippen LogP contribution in [-0.2, 0) is 11.2 Å². The van der Waals surface area contributed by atoms with Crippen LogP contribution in [0, 0.1) is 0 Å². The minimum atomic E-state index is -0.849. The molecule has 0 bridgehead atoms. The van der Waals surface area contributed by atoms with Gasteiger partial charge in [-0.2, -0.15) is 0 Å². The summed E-state index contributed by atoms with van der Waals surface area (Å²) in [4.78, 5) is 13.6. The smallest absolute Gasteiger partial charge is 0.307 e. The fourth-order valence-corrected chi connectivity index (χ4v) is 1.58. The maximum atomic E-state index is 10.6. The summed E-state index contributed by atoms with van der Waals surface area (Å²) in [7, 11) is 0. The minimum absolute atomic E-state index is 0. The highest BCUT2D eigenvalue weighted by Gasteiger charge is 2.07. The molecule has 80 valence electrons. The Hall–Kier alpha value is -1.68. The van der Waals surface area contributed by atoms with Gasteiger partial charge in [-0.05, 0) is 23.8 Å². The number of nitrogens with one attached hydrogen (secondary N) is 1. The van der Waals surface area contributed by atoms with E-state index in [1.165, 1.54) is 0 Å². The molecule has 4 nitrogen and oxygen atoms in total. The van der Waals surface area contributed by atoms with Crippen LogP contribution in [0.5, 0.6) is 0 Å². The number of benzene rings is 1. The van der Waals surface area contributed by atoms with Crippen molar-refractivity contribution in [3.05, 3.63) is 30.0 Å². The van der Waals surface area contributed by atoms with Crippen molar-refractivity contribution < 1.29 is 9.90 Å². The molecule has 2 aromatic rings. The monoisotopic (exact) mass is 226 g/mol. The molecule has 0 aliphatic heterocycles. The topological polar surface area (TPSA) is 79.1 Å². The van der Waals surface area contributed by atoms with Gasteiger partial charge in [0, 0.05) is 22.8 Å². The molecule has 0 spiro atoms. The Balaban J connectivity index is 0.00000112. The van der Waals surface area contributed by atoms with Gasteiger partial charge in [0.25, 0.3) is 0 Å². The van der Waals surface area contributed by atoms with Gasteiger partial charge in [0.05, 0.1) is 6.42 Å². The molecule has 0 amide bonds. The van der Waals surface area contributed by atoms with E-state index in [0.717, 1.165) is 16.5 Å². The number of aromatic nitrogens is 1. The van der Waals surface area contributed by atoms with Crippen molar-refractivity contribution in [2.24, 2.45) is 0 Å². The fraction of sp³-hybridized carbons (Fsp3) is 0.100. The SMILES string of the molecule is Cl.Nc1cc(CC(=O)O)c2cc[nH]c2c1. The summed E-state index contributed by atoms with van der Waals surface area (Å²) in [6, 6.07) is 5.35. The first-order chi connectivity index (χ1) is 6.66. The Labute approximate surface area is 92.5 Å². The molecular formula is C10H11ClN2O2. The molecule has 4 N–H and O–H groups in total. The lowest BCUT2D eigenvalue weighted by Gasteiger charge is -2.01. The van der Waals surface area contributed by atoms with Gasteiger partial charge in [0.2, 0.25) is 0 Å². The van der Waals surface area contributed by atoms with Gasteiger partial charge >= 0.3 is 5.97 Å². The zero-order valence-electron chi connectivity index (χ0n) is 7.86. The van der Waals surface area contributed by atoms with Crippen LogP contribution in [0.2, 0.25) is 0 Å². The Kier molecular flexibility index (Phi) is 3.21. The van der Waals surface area contributed by atoms with E-state index in [0.29, 0.717) is 5.69 Å². The Morgan fingerprint density at radius 1 is 1.47 bits per heavy atom. The predicted molar refractivity (Wildman–Crippen MR) is 61.3 cm³/mol. The number of carboxylic acid groups (broad SMARTS) is 1. The largest absolute Gasteiger partial charge is 0.481 e. The summed E-state index contributed by atoms with van der Waals surface area (Å²) < 4.78 is 0. The van der Waals surface area contributed by atoms with E-state index in [9.17, 15) is 4.79 Å². The average Bonchev–Trinajstić information content (AvgIpc) is 2.50. The molecule has 0 radical (unpaired) electrons. The number of aromatic amines is 1. The second-order valence-corrected chi connectivity index (χ2v) is 3.19. The lowest BCUT2D eigenvalue weighted by molar-refractivity contribution is -0.136. The molecule has 0 aliphatic rings. The molecule has 1 heterocycles. The number of nitrogens with two attached hydrogens (primary N) is 1. The Morgan fingerprint density at radius 2 is 2.20 bits per heavy atom. The van der Waals surface area contributed by atoms with Crippen LogP contribution < -0.4 is 5.73 Å². The number of fused-ring (bicyclic) bond motifs is 1. The quantitative estimate of drug-likeness (QED) is 0.684. The van der Waals surface area contributed by atoms with Crippen LogP contribution in [0.15, 0.2) is 24.4 Å². The van der Waals surface area contributed by atoms with Crippen molar-refractivity contribution in [2.75, 3.05) is 5.73 Å². The highest BCUT2D eigenvalue weighted by atomic mass is 35.5. The Morgan fingerprint density at radius 3 is 2.87 bits per heavy atom. The molecule has 0 saturated heterocycles. The van der Waals surface area contributed by atoms with E-state index in [1.54, 1.807) is 18.3 Å². The third-order valence-electron chi connectivity index (χ3n) is 2.12. The van der Waals surface area contributed by atoms with Crippen molar-refractivity contribution in [3.63, 3.8) is 0 Å². The van der Waals surface area contributed by atoms with Gasteiger partial charge in [-0.3, -0.25) is 4.79 Å². The zero-order valence-corrected chi connectivity index (χ0v) is 8.67. The third kappa shape index (κ3) is 2.22. The second kappa shape index (κ2) is 4.23. The van der Waals surface area contributed by atoms with Crippen LogP contribution in [0.4, 0.5) is 5.69 Å². The number of nitrogen functional groups attached to an aromatic ring is 1. The summed E-state index contributed by atoms with van der Waals surface area (Å²) in [6.45, 7) is 0. The number of carboxylic acids is 1. The molecule has 1 aromatic carbocycles. The van der Waals surface area contributed by atoms with E-state index in [4.69, 9.17) is 10.8 Å². The molecule has 0 atom stereocenters. The molecule has 15 heavy (non-hydrogen) atoms. The summed E-state index contributed by atoms with van der Waals surface area (Å²) in [5, 5.41) is 9.62. The van der Waals surface area contributed by atoms with Crippen LogP contribution in [0.25, 0.3) is 10.9 Å². The van der Waals surface area contributed by atoms with Crippen molar-refractivity contribution in [1.82, 2.24) is 4.98 Å². The standard InChI is InChI=1S/C10H10N2O2.ClH/c11-7-3-6(4-10(13)14)8-1-2-12-9(8)5-7;/h1-3,5,12H,4,11H2,(H,13,14);1H. The number of hydrogen-bond donors (Lipinski definition) is 3. The van der Waals surface area contributed by atoms with Crippen LogP contribution in [0.3, 0.4) is 0 Å².